The Labute approximate surface area is 103 Å². The molecule has 1 N–H and O–H groups in total. The minimum Gasteiger partial charge on any atom is -0.368 e. The van der Waals surface area contributed by atoms with Crippen molar-refractivity contribution in [2.75, 3.05) is 33.2 Å². The van der Waals surface area contributed by atoms with Gasteiger partial charge in [-0.2, -0.15) is 0 Å². The van der Waals surface area contributed by atoms with Crippen LogP contribution >= 0.6 is 0 Å². The molecule has 1 aliphatic heterocycles. The molecule has 1 amide bonds. The minimum atomic E-state index is -0.201. The van der Waals surface area contributed by atoms with Crippen molar-refractivity contribution in [2.24, 2.45) is 0 Å². The molecule has 1 heterocycles. The summed E-state index contributed by atoms with van der Waals surface area (Å²) in [6.07, 6.45) is 3.13. The summed E-state index contributed by atoms with van der Waals surface area (Å²) < 4.78 is 0. The van der Waals surface area contributed by atoms with Gasteiger partial charge in [-0.3, -0.25) is 4.79 Å². The number of carbonyl (C=O) groups is 1. The fourth-order valence-corrected chi connectivity index (χ4v) is 1.74. The summed E-state index contributed by atoms with van der Waals surface area (Å²) in [6, 6.07) is 0. The monoisotopic (exact) mass is 235 g/mol. The van der Waals surface area contributed by atoms with Crippen LogP contribution < -0.4 is 5.32 Å². The lowest BCUT2D eigenvalue weighted by Crippen LogP contribution is -2.44. The van der Waals surface area contributed by atoms with Crippen LogP contribution in [0.5, 0.6) is 0 Å². The number of nitrogens with zero attached hydrogens (tertiary/aromatic N) is 2. The molecular weight excluding hydrogens is 214 g/mol. The Hall–Kier alpha value is -1.55. The zero-order chi connectivity index (χ0) is 12.8. The highest BCUT2D eigenvalue weighted by Gasteiger charge is 2.17. The van der Waals surface area contributed by atoms with E-state index < -0.39 is 0 Å². The Morgan fingerprint density at radius 3 is 2.35 bits per heavy atom. The van der Waals surface area contributed by atoms with Crippen molar-refractivity contribution in [1.82, 2.24) is 15.1 Å². The molecule has 0 aliphatic carbocycles. The van der Waals surface area contributed by atoms with Crippen LogP contribution in [0, 0.1) is 0 Å². The summed E-state index contributed by atoms with van der Waals surface area (Å²) >= 11 is 0. The van der Waals surface area contributed by atoms with Crippen molar-refractivity contribution < 1.29 is 4.79 Å². The third kappa shape index (κ3) is 3.75. The van der Waals surface area contributed by atoms with Crippen LogP contribution in [0.2, 0.25) is 0 Å². The van der Waals surface area contributed by atoms with Gasteiger partial charge in [0, 0.05) is 26.2 Å². The smallest absolute Gasteiger partial charge is 0.247 e. The number of likely N-dealkylation sites (N-methyl/N-ethyl adjacent to an activating group) is 1. The Kier molecular flexibility index (Phi) is 4.97. The molecule has 4 nitrogen and oxygen atoms in total. The van der Waals surface area contributed by atoms with Crippen molar-refractivity contribution in [3.05, 3.63) is 36.7 Å². The number of rotatable bonds is 4. The number of piperazine rings is 1. The van der Waals surface area contributed by atoms with Crippen molar-refractivity contribution in [3.63, 3.8) is 0 Å². The van der Waals surface area contributed by atoms with Gasteiger partial charge >= 0.3 is 0 Å². The van der Waals surface area contributed by atoms with Gasteiger partial charge in [-0.15, -0.1) is 0 Å². The van der Waals surface area contributed by atoms with Gasteiger partial charge in [0.25, 0.3) is 0 Å². The third-order valence-electron chi connectivity index (χ3n) is 2.93. The maximum atomic E-state index is 11.3. The molecule has 0 radical (unpaired) electrons. The van der Waals surface area contributed by atoms with Gasteiger partial charge in [0.15, 0.2) is 0 Å². The molecule has 0 aromatic rings. The summed E-state index contributed by atoms with van der Waals surface area (Å²) in [4.78, 5) is 15.8. The molecule has 94 valence electrons. The number of allylic oxidation sites excluding steroid dienone is 1. The molecule has 1 aliphatic rings. The van der Waals surface area contributed by atoms with Crippen molar-refractivity contribution in [3.8, 4) is 0 Å². The molecule has 1 saturated heterocycles. The molecule has 0 atom stereocenters. The summed E-state index contributed by atoms with van der Waals surface area (Å²) in [7, 11) is 2.11. The van der Waals surface area contributed by atoms with E-state index in [2.05, 4.69) is 35.3 Å². The van der Waals surface area contributed by atoms with Crippen molar-refractivity contribution >= 4 is 5.91 Å². The van der Waals surface area contributed by atoms with Gasteiger partial charge in [-0.25, -0.2) is 0 Å². The Morgan fingerprint density at radius 2 is 1.88 bits per heavy atom. The van der Waals surface area contributed by atoms with E-state index in [1.165, 1.54) is 6.08 Å². The lowest BCUT2D eigenvalue weighted by atomic mass is 10.2. The first kappa shape index (κ1) is 13.5. The highest BCUT2D eigenvalue weighted by atomic mass is 16.1. The first-order valence-electron chi connectivity index (χ1n) is 5.81. The van der Waals surface area contributed by atoms with Gasteiger partial charge in [0.05, 0.1) is 11.4 Å². The van der Waals surface area contributed by atoms with Crippen LogP contribution in [-0.2, 0) is 4.79 Å². The number of amides is 1. The van der Waals surface area contributed by atoms with Gasteiger partial charge < -0.3 is 15.1 Å². The zero-order valence-electron chi connectivity index (χ0n) is 10.7. The average molecular weight is 235 g/mol. The van der Waals surface area contributed by atoms with Gasteiger partial charge in [0.1, 0.15) is 0 Å². The summed E-state index contributed by atoms with van der Waals surface area (Å²) in [5.41, 5.74) is 1.63. The highest BCUT2D eigenvalue weighted by molar-refractivity contribution is 5.88. The van der Waals surface area contributed by atoms with E-state index in [1.807, 2.05) is 13.0 Å². The maximum Gasteiger partial charge on any atom is 0.247 e. The molecule has 0 bridgehead atoms. The maximum absolute atomic E-state index is 11.3. The molecule has 1 rings (SSSR count). The van der Waals surface area contributed by atoms with Crippen LogP contribution in [0.3, 0.4) is 0 Å². The van der Waals surface area contributed by atoms with Crippen LogP contribution in [0.4, 0.5) is 0 Å². The van der Waals surface area contributed by atoms with E-state index in [-0.39, 0.29) is 5.91 Å². The molecule has 0 spiro atoms. The van der Waals surface area contributed by atoms with E-state index in [1.54, 1.807) is 0 Å². The van der Waals surface area contributed by atoms with Gasteiger partial charge in [-0.05, 0) is 20.0 Å². The number of nitrogens with one attached hydrogen (secondary N) is 1. The first-order valence-corrected chi connectivity index (χ1v) is 5.81. The van der Waals surface area contributed by atoms with E-state index in [4.69, 9.17) is 0 Å². The molecule has 0 saturated carbocycles. The Balaban J connectivity index is 2.61. The highest BCUT2D eigenvalue weighted by Crippen LogP contribution is 2.13. The summed E-state index contributed by atoms with van der Waals surface area (Å²) in [5, 5.41) is 2.77. The van der Waals surface area contributed by atoms with Crippen LogP contribution in [0.25, 0.3) is 0 Å². The summed E-state index contributed by atoms with van der Waals surface area (Å²) in [5.74, 6) is -0.201. The second-order valence-corrected chi connectivity index (χ2v) is 4.13. The molecule has 4 heteroatoms. The SMILES string of the molecule is C=CC(=O)N/C(=C/C)C(=C)N1CCN(C)CC1. The third-order valence-corrected chi connectivity index (χ3v) is 2.93. The van der Waals surface area contributed by atoms with Crippen molar-refractivity contribution in [2.45, 2.75) is 6.92 Å². The van der Waals surface area contributed by atoms with Gasteiger partial charge in [0.2, 0.25) is 5.91 Å². The quantitative estimate of drug-likeness (QED) is 0.582. The zero-order valence-corrected chi connectivity index (χ0v) is 10.7. The van der Waals surface area contributed by atoms with E-state index in [9.17, 15) is 4.79 Å². The molecule has 0 aromatic heterocycles. The van der Waals surface area contributed by atoms with Crippen LogP contribution in [-0.4, -0.2) is 48.9 Å². The number of carbonyl (C=O) groups excluding carboxylic acids is 1. The van der Waals surface area contributed by atoms with E-state index in [0.29, 0.717) is 0 Å². The van der Waals surface area contributed by atoms with Gasteiger partial charge in [-0.1, -0.05) is 19.2 Å². The minimum absolute atomic E-state index is 0.201. The Bertz CT molecular complexity index is 339. The summed E-state index contributed by atoms with van der Waals surface area (Å²) in [6.45, 7) is 13.3. The predicted molar refractivity (Wildman–Crippen MR) is 70.3 cm³/mol. The van der Waals surface area contributed by atoms with Crippen molar-refractivity contribution in [1.29, 1.82) is 0 Å². The first-order chi connectivity index (χ1) is 8.08. The fourth-order valence-electron chi connectivity index (χ4n) is 1.74. The van der Waals surface area contributed by atoms with E-state index in [0.717, 1.165) is 37.6 Å². The second-order valence-electron chi connectivity index (χ2n) is 4.13. The lowest BCUT2D eigenvalue weighted by molar-refractivity contribution is -0.115. The molecule has 0 aromatic carbocycles. The number of hydrogen-bond acceptors (Lipinski definition) is 3. The largest absolute Gasteiger partial charge is 0.368 e. The normalized spacial score (nSPS) is 17.8. The second kappa shape index (κ2) is 6.25. The fraction of sp³-hybridized carbons (Fsp3) is 0.462. The molecule has 17 heavy (non-hydrogen) atoms. The average Bonchev–Trinajstić information content (AvgIpc) is 2.35. The van der Waals surface area contributed by atoms with Crippen LogP contribution in [0.1, 0.15) is 6.92 Å². The van der Waals surface area contributed by atoms with Crippen LogP contribution in [0.15, 0.2) is 36.7 Å². The predicted octanol–water partition coefficient (Wildman–Crippen LogP) is 0.954. The lowest BCUT2D eigenvalue weighted by Gasteiger charge is -2.35. The molecule has 1 fully saturated rings. The standard InChI is InChI=1S/C13H21N3O/c1-5-12(14-13(17)6-2)11(3)16-9-7-15(4)8-10-16/h5-6H,2-3,7-10H2,1,4H3,(H,14,17)/b12-5+. The topological polar surface area (TPSA) is 35.6 Å². The molecule has 0 unspecified atom stereocenters. The van der Waals surface area contributed by atoms with E-state index >= 15 is 0 Å². The number of hydrogen-bond donors (Lipinski definition) is 1. The molecular formula is C13H21N3O. The Morgan fingerprint density at radius 1 is 1.29 bits per heavy atom.